The van der Waals surface area contributed by atoms with Gasteiger partial charge in [-0.05, 0) is 45.6 Å². The van der Waals surface area contributed by atoms with Crippen LogP contribution in [0.2, 0.25) is 0 Å². The number of rotatable bonds is 3. The van der Waals surface area contributed by atoms with Gasteiger partial charge in [0.1, 0.15) is 0 Å². The molecule has 1 saturated carbocycles. The van der Waals surface area contributed by atoms with Crippen molar-refractivity contribution in [2.24, 2.45) is 0 Å². The minimum Gasteiger partial charge on any atom is -0.345 e. The van der Waals surface area contributed by atoms with Gasteiger partial charge in [-0.1, -0.05) is 5.21 Å². The summed E-state index contributed by atoms with van der Waals surface area (Å²) in [5, 5.41) is 7.96. The van der Waals surface area contributed by atoms with E-state index in [9.17, 15) is 4.79 Å². The molecular weight excluding hydrogens is 290 g/mol. The zero-order chi connectivity index (χ0) is 16.0. The standard InChI is InChI=1S/C17H23N5O/c1-12-11-16(13(2)22(12)15-3-4-15)17(23)20-8-5-14(6-9-20)21-10-7-18-19-21/h7,10-11,14-15H,3-6,8-9H2,1-2H3. The highest BCUT2D eigenvalue weighted by atomic mass is 16.2. The number of amides is 1. The van der Waals surface area contributed by atoms with Gasteiger partial charge >= 0.3 is 0 Å². The summed E-state index contributed by atoms with van der Waals surface area (Å²) in [6, 6.07) is 3.05. The van der Waals surface area contributed by atoms with E-state index in [2.05, 4.69) is 34.8 Å². The summed E-state index contributed by atoms with van der Waals surface area (Å²) in [6.07, 6.45) is 7.99. The smallest absolute Gasteiger partial charge is 0.255 e. The van der Waals surface area contributed by atoms with Crippen LogP contribution in [0.15, 0.2) is 18.5 Å². The molecule has 1 aliphatic heterocycles. The number of hydrogen-bond donors (Lipinski definition) is 0. The maximum atomic E-state index is 12.9. The number of hydrogen-bond acceptors (Lipinski definition) is 3. The van der Waals surface area contributed by atoms with Gasteiger partial charge in [0, 0.05) is 36.7 Å². The Morgan fingerprint density at radius 1 is 1.13 bits per heavy atom. The zero-order valence-corrected chi connectivity index (χ0v) is 13.8. The van der Waals surface area contributed by atoms with Crippen LogP contribution in [0.3, 0.4) is 0 Å². The average molecular weight is 313 g/mol. The predicted octanol–water partition coefficient (Wildman–Crippen LogP) is 2.51. The van der Waals surface area contributed by atoms with Crippen molar-refractivity contribution in [3.05, 3.63) is 35.4 Å². The molecule has 0 radical (unpaired) electrons. The molecule has 2 aromatic rings. The molecule has 1 aliphatic carbocycles. The number of aromatic nitrogens is 4. The van der Waals surface area contributed by atoms with Crippen LogP contribution in [0.25, 0.3) is 0 Å². The molecule has 6 heteroatoms. The summed E-state index contributed by atoms with van der Waals surface area (Å²) in [7, 11) is 0. The molecule has 1 amide bonds. The first-order valence-electron chi connectivity index (χ1n) is 8.48. The molecule has 4 rings (SSSR count). The maximum Gasteiger partial charge on any atom is 0.255 e. The Kier molecular flexibility index (Phi) is 3.47. The highest BCUT2D eigenvalue weighted by molar-refractivity contribution is 5.95. The molecule has 0 spiro atoms. The Balaban J connectivity index is 1.47. The van der Waals surface area contributed by atoms with Crippen LogP contribution in [0.5, 0.6) is 0 Å². The third-order valence-electron chi connectivity index (χ3n) is 5.19. The van der Waals surface area contributed by atoms with Crippen LogP contribution in [0.4, 0.5) is 0 Å². The van der Waals surface area contributed by atoms with Crippen LogP contribution in [-0.4, -0.2) is 43.5 Å². The van der Waals surface area contributed by atoms with Gasteiger partial charge < -0.3 is 9.47 Å². The Hall–Kier alpha value is -2.11. The normalized spacial score (nSPS) is 19.3. The molecule has 1 saturated heterocycles. The SMILES string of the molecule is Cc1cc(C(=O)N2CCC(n3ccnn3)CC2)c(C)n1C1CC1. The van der Waals surface area contributed by atoms with Gasteiger partial charge in [0.2, 0.25) is 0 Å². The zero-order valence-electron chi connectivity index (χ0n) is 13.8. The predicted molar refractivity (Wildman–Crippen MR) is 86.4 cm³/mol. The fourth-order valence-electron chi connectivity index (χ4n) is 3.80. The lowest BCUT2D eigenvalue weighted by atomic mass is 10.0. The molecular formula is C17H23N5O. The van der Waals surface area contributed by atoms with E-state index in [-0.39, 0.29) is 5.91 Å². The van der Waals surface area contributed by atoms with Crippen LogP contribution >= 0.6 is 0 Å². The summed E-state index contributed by atoms with van der Waals surface area (Å²) < 4.78 is 4.26. The summed E-state index contributed by atoms with van der Waals surface area (Å²) >= 11 is 0. The fraction of sp³-hybridized carbons (Fsp3) is 0.588. The van der Waals surface area contributed by atoms with Crippen LogP contribution in [0, 0.1) is 13.8 Å². The Labute approximate surface area is 136 Å². The van der Waals surface area contributed by atoms with E-state index in [0.717, 1.165) is 37.2 Å². The van der Waals surface area contributed by atoms with E-state index < -0.39 is 0 Å². The molecule has 122 valence electrons. The monoisotopic (exact) mass is 313 g/mol. The Bertz CT molecular complexity index is 706. The second kappa shape index (κ2) is 5.51. The maximum absolute atomic E-state index is 12.9. The quantitative estimate of drug-likeness (QED) is 0.875. The number of piperidine rings is 1. The molecule has 0 aromatic carbocycles. The lowest BCUT2D eigenvalue weighted by molar-refractivity contribution is 0.0688. The largest absolute Gasteiger partial charge is 0.345 e. The first-order chi connectivity index (χ1) is 11.1. The van der Waals surface area contributed by atoms with Gasteiger partial charge in [-0.3, -0.25) is 4.79 Å². The van der Waals surface area contributed by atoms with Crippen molar-refractivity contribution in [3.8, 4) is 0 Å². The highest BCUT2D eigenvalue weighted by Gasteiger charge is 2.31. The summed E-state index contributed by atoms with van der Waals surface area (Å²) in [6.45, 7) is 5.77. The highest BCUT2D eigenvalue weighted by Crippen LogP contribution is 2.38. The molecule has 0 unspecified atom stereocenters. The van der Waals surface area contributed by atoms with Crippen LogP contribution < -0.4 is 0 Å². The molecule has 0 N–H and O–H groups in total. The van der Waals surface area contributed by atoms with Crippen molar-refractivity contribution in [3.63, 3.8) is 0 Å². The Morgan fingerprint density at radius 3 is 2.48 bits per heavy atom. The van der Waals surface area contributed by atoms with Gasteiger partial charge in [0.05, 0.1) is 17.8 Å². The van der Waals surface area contributed by atoms with Crippen molar-refractivity contribution in [2.45, 2.75) is 51.6 Å². The molecule has 2 aromatic heterocycles. The van der Waals surface area contributed by atoms with Gasteiger partial charge in [-0.25, -0.2) is 4.68 Å². The molecule has 6 nitrogen and oxygen atoms in total. The topological polar surface area (TPSA) is 56.0 Å². The van der Waals surface area contributed by atoms with Crippen LogP contribution in [0.1, 0.15) is 59.5 Å². The van der Waals surface area contributed by atoms with Gasteiger partial charge in [0.25, 0.3) is 5.91 Å². The van der Waals surface area contributed by atoms with E-state index >= 15 is 0 Å². The second-order valence-corrected chi connectivity index (χ2v) is 6.79. The number of likely N-dealkylation sites (tertiary alicyclic amines) is 1. The van der Waals surface area contributed by atoms with Crippen molar-refractivity contribution in [1.29, 1.82) is 0 Å². The third kappa shape index (κ3) is 2.56. The number of carbonyl (C=O) groups excluding carboxylic acids is 1. The molecule has 2 aliphatic rings. The van der Waals surface area contributed by atoms with Crippen molar-refractivity contribution >= 4 is 5.91 Å². The number of nitrogens with zero attached hydrogens (tertiary/aromatic N) is 5. The first kappa shape index (κ1) is 14.5. The Morgan fingerprint density at radius 2 is 1.87 bits per heavy atom. The van der Waals surface area contributed by atoms with Gasteiger partial charge in [-0.2, -0.15) is 0 Å². The molecule has 3 heterocycles. The summed E-state index contributed by atoms with van der Waals surface area (Å²) in [4.78, 5) is 14.9. The van der Waals surface area contributed by atoms with E-state index in [0.29, 0.717) is 12.1 Å². The first-order valence-corrected chi connectivity index (χ1v) is 8.48. The lowest BCUT2D eigenvalue weighted by Crippen LogP contribution is -2.39. The van der Waals surface area contributed by atoms with E-state index in [4.69, 9.17) is 0 Å². The van der Waals surface area contributed by atoms with E-state index in [1.165, 1.54) is 18.5 Å². The fourth-order valence-corrected chi connectivity index (χ4v) is 3.80. The summed E-state index contributed by atoms with van der Waals surface area (Å²) in [5.74, 6) is 0.182. The minimum atomic E-state index is 0.182. The van der Waals surface area contributed by atoms with Crippen LogP contribution in [-0.2, 0) is 0 Å². The summed E-state index contributed by atoms with van der Waals surface area (Å²) in [5.41, 5.74) is 3.23. The number of aryl methyl sites for hydroxylation is 1. The molecule has 0 atom stereocenters. The van der Waals surface area contributed by atoms with Gasteiger partial charge in [0.15, 0.2) is 0 Å². The molecule has 23 heavy (non-hydrogen) atoms. The lowest BCUT2D eigenvalue weighted by Gasteiger charge is -2.31. The molecule has 2 fully saturated rings. The van der Waals surface area contributed by atoms with E-state index in [1.807, 2.05) is 15.8 Å². The third-order valence-corrected chi connectivity index (χ3v) is 5.19. The average Bonchev–Trinajstić information content (AvgIpc) is 3.14. The number of carbonyl (C=O) groups is 1. The van der Waals surface area contributed by atoms with Crippen molar-refractivity contribution in [2.75, 3.05) is 13.1 Å². The van der Waals surface area contributed by atoms with Gasteiger partial charge in [-0.15, -0.1) is 5.10 Å². The second-order valence-electron chi connectivity index (χ2n) is 6.79. The minimum absolute atomic E-state index is 0.182. The van der Waals surface area contributed by atoms with Crippen molar-refractivity contribution in [1.82, 2.24) is 24.5 Å². The van der Waals surface area contributed by atoms with E-state index in [1.54, 1.807) is 6.20 Å². The van der Waals surface area contributed by atoms with Crippen molar-refractivity contribution < 1.29 is 4.79 Å². The molecule has 0 bridgehead atoms.